The predicted molar refractivity (Wildman–Crippen MR) is 105 cm³/mol. The Hall–Kier alpha value is -1.75. The molecule has 152 valence electrons. The maximum atomic E-state index is 10.9. The molecule has 0 bridgehead atoms. The van der Waals surface area contributed by atoms with Gasteiger partial charge in [-0.05, 0) is 50.7 Å². The molecule has 0 radical (unpaired) electrons. The van der Waals surface area contributed by atoms with Crippen LogP contribution in [-0.4, -0.2) is 30.6 Å². The standard InChI is InChI=1S/C22H34O5/c1-2-21(23)26-17-9-4-3-8-16-25-19-12-14-20(15-13-19)27-22(24)18-10-6-5-7-11-18/h2,12,14,18,22,24H,1,3-11,13,15-17H2. The van der Waals surface area contributed by atoms with Crippen molar-refractivity contribution in [2.45, 2.75) is 76.9 Å². The Kier molecular flexibility index (Phi) is 10.1. The normalized spacial score (nSPS) is 18.9. The molecule has 0 aromatic rings. The van der Waals surface area contributed by atoms with Crippen LogP contribution in [-0.2, 0) is 19.0 Å². The van der Waals surface area contributed by atoms with Gasteiger partial charge in [-0.25, -0.2) is 4.79 Å². The number of esters is 1. The first kappa shape index (κ1) is 21.5. The van der Waals surface area contributed by atoms with Crippen molar-refractivity contribution in [1.82, 2.24) is 0 Å². The third-order valence-electron chi connectivity index (χ3n) is 5.14. The zero-order chi connectivity index (χ0) is 19.3. The topological polar surface area (TPSA) is 65.0 Å². The van der Waals surface area contributed by atoms with Crippen LogP contribution in [0.25, 0.3) is 0 Å². The number of aliphatic hydroxyl groups excluding tert-OH is 1. The van der Waals surface area contributed by atoms with E-state index in [1.807, 2.05) is 12.2 Å². The van der Waals surface area contributed by atoms with Crippen molar-refractivity contribution in [3.63, 3.8) is 0 Å². The molecule has 0 aromatic carbocycles. The Labute approximate surface area is 163 Å². The van der Waals surface area contributed by atoms with Gasteiger partial charge in [-0.3, -0.25) is 0 Å². The SMILES string of the molecule is C=CC(=O)OCCCCCCOC1=CC=C(OC(O)C2CCCCC2)CC1. The zero-order valence-corrected chi connectivity index (χ0v) is 16.4. The van der Waals surface area contributed by atoms with E-state index in [0.29, 0.717) is 13.2 Å². The molecule has 1 unspecified atom stereocenters. The molecule has 0 aliphatic heterocycles. The molecule has 1 atom stereocenters. The van der Waals surface area contributed by atoms with Crippen molar-refractivity contribution in [2.24, 2.45) is 5.92 Å². The molecule has 0 aromatic heterocycles. The summed E-state index contributed by atoms with van der Waals surface area (Å²) in [4.78, 5) is 10.9. The van der Waals surface area contributed by atoms with E-state index >= 15 is 0 Å². The summed E-state index contributed by atoms with van der Waals surface area (Å²) in [6, 6.07) is 0. The van der Waals surface area contributed by atoms with Crippen molar-refractivity contribution in [3.05, 3.63) is 36.3 Å². The fourth-order valence-corrected chi connectivity index (χ4v) is 3.48. The van der Waals surface area contributed by atoms with Crippen molar-refractivity contribution >= 4 is 5.97 Å². The highest BCUT2D eigenvalue weighted by atomic mass is 16.6. The lowest BCUT2D eigenvalue weighted by molar-refractivity contribution is -0.137. The highest BCUT2D eigenvalue weighted by Crippen LogP contribution is 2.29. The average molecular weight is 379 g/mol. The van der Waals surface area contributed by atoms with Gasteiger partial charge in [-0.2, -0.15) is 0 Å². The Bertz CT molecular complexity index is 517. The van der Waals surface area contributed by atoms with E-state index in [-0.39, 0.29) is 11.9 Å². The van der Waals surface area contributed by atoms with E-state index in [2.05, 4.69) is 6.58 Å². The number of ether oxygens (including phenoxy) is 3. The first-order valence-corrected chi connectivity index (χ1v) is 10.4. The van der Waals surface area contributed by atoms with Crippen LogP contribution in [0.1, 0.15) is 70.6 Å². The van der Waals surface area contributed by atoms with E-state index < -0.39 is 6.29 Å². The number of hydrogen-bond donors (Lipinski definition) is 1. The predicted octanol–water partition coefficient (Wildman–Crippen LogP) is 4.77. The van der Waals surface area contributed by atoms with E-state index in [4.69, 9.17) is 14.2 Å². The van der Waals surface area contributed by atoms with E-state index in [1.165, 1.54) is 25.3 Å². The lowest BCUT2D eigenvalue weighted by Gasteiger charge is -2.28. The summed E-state index contributed by atoms with van der Waals surface area (Å²) >= 11 is 0. The average Bonchev–Trinajstić information content (AvgIpc) is 2.71. The Balaban J connectivity index is 1.54. The lowest BCUT2D eigenvalue weighted by Crippen LogP contribution is -2.25. The summed E-state index contributed by atoms with van der Waals surface area (Å²) in [7, 11) is 0. The maximum Gasteiger partial charge on any atom is 0.330 e. The van der Waals surface area contributed by atoms with E-state index in [9.17, 15) is 9.90 Å². The number of hydrogen-bond acceptors (Lipinski definition) is 5. The first-order chi connectivity index (χ1) is 13.2. The molecule has 5 nitrogen and oxygen atoms in total. The van der Waals surface area contributed by atoms with Crippen LogP contribution in [0.4, 0.5) is 0 Å². The monoisotopic (exact) mass is 378 g/mol. The van der Waals surface area contributed by atoms with Crippen LogP contribution in [0.3, 0.4) is 0 Å². The number of rotatable bonds is 12. The second-order valence-corrected chi connectivity index (χ2v) is 7.31. The minimum Gasteiger partial charge on any atom is -0.498 e. The van der Waals surface area contributed by atoms with Gasteiger partial charge in [0.05, 0.1) is 19.0 Å². The van der Waals surface area contributed by atoms with Gasteiger partial charge < -0.3 is 19.3 Å². The fraction of sp³-hybridized carbons (Fsp3) is 0.682. The molecule has 1 N–H and O–H groups in total. The van der Waals surface area contributed by atoms with Crippen LogP contribution in [0.2, 0.25) is 0 Å². The van der Waals surface area contributed by atoms with Crippen molar-refractivity contribution in [3.8, 4) is 0 Å². The van der Waals surface area contributed by atoms with Gasteiger partial charge in [0, 0.05) is 24.8 Å². The molecule has 27 heavy (non-hydrogen) atoms. The van der Waals surface area contributed by atoms with Gasteiger partial charge in [0.2, 0.25) is 0 Å². The van der Waals surface area contributed by atoms with Gasteiger partial charge in [-0.15, -0.1) is 0 Å². The van der Waals surface area contributed by atoms with Crippen LogP contribution in [0.5, 0.6) is 0 Å². The molecule has 0 spiro atoms. The zero-order valence-electron chi connectivity index (χ0n) is 16.4. The van der Waals surface area contributed by atoms with Crippen molar-refractivity contribution in [1.29, 1.82) is 0 Å². The number of carbonyl (C=O) groups is 1. The smallest absolute Gasteiger partial charge is 0.330 e. The largest absolute Gasteiger partial charge is 0.498 e. The van der Waals surface area contributed by atoms with Gasteiger partial charge in [0.15, 0.2) is 6.29 Å². The molecule has 0 saturated heterocycles. The second-order valence-electron chi connectivity index (χ2n) is 7.31. The van der Waals surface area contributed by atoms with Crippen LogP contribution >= 0.6 is 0 Å². The minimum atomic E-state index is -0.668. The molecule has 5 heteroatoms. The Morgan fingerprint density at radius 1 is 1.07 bits per heavy atom. The molecule has 1 saturated carbocycles. The number of aliphatic hydroxyl groups is 1. The van der Waals surface area contributed by atoms with Crippen molar-refractivity contribution < 1.29 is 24.1 Å². The summed E-state index contributed by atoms with van der Waals surface area (Å²) in [5, 5.41) is 10.3. The molecular formula is C22H34O5. The molecule has 0 amide bonds. The van der Waals surface area contributed by atoms with Crippen LogP contribution in [0.15, 0.2) is 36.3 Å². The molecule has 2 aliphatic carbocycles. The van der Waals surface area contributed by atoms with Gasteiger partial charge >= 0.3 is 5.97 Å². The van der Waals surface area contributed by atoms with Crippen molar-refractivity contribution in [2.75, 3.05) is 13.2 Å². The number of allylic oxidation sites excluding steroid dienone is 4. The summed E-state index contributed by atoms with van der Waals surface area (Å²) in [6.45, 7) is 4.52. The third kappa shape index (κ3) is 8.65. The molecule has 2 rings (SSSR count). The summed E-state index contributed by atoms with van der Waals surface area (Å²) in [6.07, 6.45) is 15.7. The highest BCUT2D eigenvalue weighted by molar-refractivity contribution is 5.81. The quantitative estimate of drug-likeness (QED) is 0.229. The first-order valence-electron chi connectivity index (χ1n) is 10.4. The molecule has 2 aliphatic rings. The maximum absolute atomic E-state index is 10.9. The molecular weight excluding hydrogens is 344 g/mol. The van der Waals surface area contributed by atoms with Gasteiger partial charge in [0.25, 0.3) is 0 Å². The fourth-order valence-electron chi connectivity index (χ4n) is 3.48. The summed E-state index contributed by atoms with van der Waals surface area (Å²) in [5.74, 6) is 1.76. The minimum absolute atomic E-state index is 0.279. The Morgan fingerprint density at radius 2 is 1.74 bits per heavy atom. The Morgan fingerprint density at radius 3 is 2.41 bits per heavy atom. The third-order valence-corrected chi connectivity index (χ3v) is 5.14. The molecule has 0 heterocycles. The second kappa shape index (κ2) is 12.6. The van der Waals surface area contributed by atoms with E-state index in [0.717, 1.165) is 62.9 Å². The van der Waals surface area contributed by atoms with Gasteiger partial charge in [-0.1, -0.05) is 25.8 Å². The summed E-state index contributed by atoms with van der Waals surface area (Å²) < 4.78 is 16.5. The number of unbranched alkanes of at least 4 members (excludes halogenated alkanes) is 3. The lowest BCUT2D eigenvalue weighted by atomic mass is 9.89. The van der Waals surface area contributed by atoms with Crippen LogP contribution in [0, 0.1) is 5.92 Å². The van der Waals surface area contributed by atoms with E-state index in [1.54, 1.807) is 0 Å². The molecule has 1 fully saturated rings. The number of carbonyl (C=O) groups excluding carboxylic acids is 1. The van der Waals surface area contributed by atoms with Crippen LogP contribution < -0.4 is 0 Å². The summed E-state index contributed by atoms with van der Waals surface area (Å²) in [5.41, 5.74) is 0. The highest BCUT2D eigenvalue weighted by Gasteiger charge is 2.24. The van der Waals surface area contributed by atoms with Gasteiger partial charge in [0.1, 0.15) is 5.76 Å².